The van der Waals surface area contributed by atoms with E-state index >= 15 is 0 Å². The second-order valence-corrected chi connectivity index (χ2v) is 6.10. The number of likely N-dealkylation sites (N-methyl/N-ethyl adjacent to an activating group) is 1. The van der Waals surface area contributed by atoms with Gasteiger partial charge in [-0.15, -0.1) is 5.10 Å². The molecule has 2 aromatic rings. The van der Waals surface area contributed by atoms with Crippen molar-refractivity contribution in [3.05, 3.63) is 22.8 Å². The van der Waals surface area contributed by atoms with Crippen molar-refractivity contribution in [2.75, 3.05) is 33.2 Å². The molecule has 0 spiro atoms. The molecule has 1 saturated heterocycles. The van der Waals surface area contributed by atoms with Gasteiger partial charge < -0.3 is 9.80 Å². The molecule has 0 unspecified atom stereocenters. The van der Waals surface area contributed by atoms with Crippen molar-refractivity contribution < 1.29 is 4.79 Å². The monoisotopic (exact) mass is 321 g/mol. The second kappa shape index (κ2) is 6.09. The fourth-order valence-corrected chi connectivity index (χ4v) is 2.96. The van der Waals surface area contributed by atoms with E-state index in [0.29, 0.717) is 12.2 Å². The molecule has 22 heavy (non-hydrogen) atoms. The van der Waals surface area contributed by atoms with Crippen LogP contribution >= 0.6 is 11.7 Å². The zero-order valence-corrected chi connectivity index (χ0v) is 13.8. The van der Waals surface area contributed by atoms with Crippen molar-refractivity contribution >= 4 is 17.6 Å². The summed E-state index contributed by atoms with van der Waals surface area (Å²) in [5.74, 6) is -0.0371. The summed E-state index contributed by atoms with van der Waals surface area (Å²) in [5, 5.41) is 8.19. The van der Waals surface area contributed by atoms with E-state index in [1.165, 1.54) is 11.7 Å². The maximum Gasteiger partial charge on any atom is 0.276 e. The van der Waals surface area contributed by atoms with Gasteiger partial charge in [0.05, 0.1) is 35.4 Å². The van der Waals surface area contributed by atoms with E-state index < -0.39 is 0 Å². The number of aryl methyl sites for hydroxylation is 1. The summed E-state index contributed by atoms with van der Waals surface area (Å²) in [6, 6.07) is 0. The summed E-state index contributed by atoms with van der Waals surface area (Å²) in [6.45, 7) is 7.54. The van der Waals surface area contributed by atoms with Crippen LogP contribution in [-0.4, -0.2) is 72.7 Å². The first kappa shape index (κ1) is 15.0. The molecular weight excluding hydrogens is 302 g/mol. The molecule has 0 atom stereocenters. The lowest BCUT2D eigenvalue weighted by molar-refractivity contribution is 0.0657. The zero-order valence-electron chi connectivity index (χ0n) is 13.0. The minimum absolute atomic E-state index is 0.0371. The Morgan fingerprint density at radius 3 is 2.55 bits per heavy atom. The lowest BCUT2D eigenvalue weighted by atomic mass is 10.2. The van der Waals surface area contributed by atoms with E-state index in [2.05, 4.69) is 31.0 Å². The molecule has 0 radical (unpaired) electrons. The predicted octanol–water partition coefficient (Wildman–Crippen LogP) is 0.182. The highest BCUT2D eigenvalue weighted by atomic mass is 32.1. The number of carbonyl (C=O) groups is 1. The Hall–Kier alpha value is -1.87. The molecule has 1 fully saturated rings. The van der Waals surface area contributed by atoms with Gasteiger partial charge >= 0.3 is 0 Å². The van der Waals surface area contributed by atoms with Crippen molar-refractivity contribution in [1.29, 1.82) is 0 Å². The van der Waals surface area contributed by atoms with E-state index in [-0.39, 0.29) is 5.91 Å². The van der Waals surface area contributed by atoms with Gasteiger partial charge in [0, 0.05) is 26.2 Å². The van der Waals surface area contributed by atoms with Crippen molar-refractivity contribution in [3.63, 3.8) is 0 Å². The summed E-state index contributed by atoms with van der Waals surface area (Å²) >= 11 is 1.19. The Labute approximate surface area is 133 Å². The van der Waals surface area contributed by atoms with Crippen LogP contribution in [0.15, 0.2) is 0 Å². The van der Waals surface area contributed by atoms with E-state index in [9.17, 15) is 4.79 Å². The average Bonchev–Trinajstić information content (AvgIpc) is 3.07. The first-order chi connectivity index (χ1) is 10.6. The normalized spacial score (nSPS) is 16.2. The first-order valence-electron chi connectivity index (χ1n) is 7.22. The molecule has 9 heteroatoms. The highest BCUT2D eigenvalue weighted by molar-refractivity contribution is 6.99. The number of piperazine rings is 1. The Morgan fingerprint density at radius 2 is 1.91 bits per heavy atom. The molecular formula is C13H19N7OS. The predicted molar refractivity (Wildman–Crippen MR) is 81.9 cm³/mol. The van der Waals surface area contributed by atoms with Gasteiger partial charge in [0.25, 0.3) is 5.91 Å². The summed E-state index contributed by atoms with van der Waals surface area (Å²) in [5.41, 5.74) is 2.98. The first-order valence-corrected chi connectivity index (χ1v) is 7.95. The smallest absolute Gasteiger partial charge is 0.276 e. The molecule has 0 bridgehead atoms. The van der Waals surface area contributed by atoms with Gasteiger partial charge in [0.15, 0.2) is 5.69 Å². The molecule has 8 nitrogen and oxygen atoms in total. The SMILES string of the molecule is Cc1nsnc1Cn1nnc(C(=O)N2CCN(C)CC2)c1C. The van der Waals surface area contributed by atoms with E-state index in [1.807, 2.05) is 18.7 Å². The van der Waals surface area contributed by atoms with Crippen LogP contribution in [0.25, 0.3) is 0 Å². The quantitative estimate of drug-likeness (QED) is 0.802. The van der Waals surface area contributed by atoms with Crippen LogP contribution in [0.3, 0.4) is 0 Å². The number of amides is 1. The molecule has 1 amide bonds. The molecule has 1 aliphatic heterocycles. The Balaban J connectivity index is 1.75. The van der Waals surface area contributed by atoms with Crippen LogP contribution in [0.5, 0.6) is 0 Å². The summed E-state index contributed by atoms with van der Waals surface area (Å²) in [7, 11) is 2.06. The largest absolute Gasteiger partial charge is 0.335 e. The van der Waals surface area contributed by atoms with Crippen molar-refractivity contribution in [2.24, 2.45) is 0 Å². The number of hydrogen-bond acceptors (Lipinski definition) is 7. The molecule has 2 aromatic heterocycles. The Bertz CT molecular complexity index is 672. The molecule has 0 saturated carbocycles. The van der Waals surface area contributed by atoms with Crippen molar-refractivity contribution in [2.45, 2.75) is 20.4 Å². The molecule has 1 aliphatic rings. The zero-order chi connectivity index (χ0) is 15.7. The average molecular weight is 321 g/mol. The number of aromatic nitrogens is 5. The van der Waals surface area contributed by atoms with Crippen molar-refractivity contribution in [3.8, 4) is 0 Å². The lowest BCUT2D eigenvalue weighted by Gasteiger charge is -2.31. The van der Waals surface area contributed by atoms with Crippen LogP contribution in [0.4, 0.5) is 0 Å². The lowest BCUT2D eigenvalue weighted by Crippen LogP contribution is -2.47. The third-order valence-electron chi connectivity index (χ3n) is 4.02. The maximum atomic E-state index is 12.6. The maximum absolute atomic E-state index is 12.6. The summed E-state index contributed by atoms with van der Waals surface area (Å²) in [4.78, 5) is 16.6. The third-order valence-corrected chi connectivity index (χ3v) is 4.68. The molecule has 3 heterocycles. The molecule has 3 rings (SSSR count). The van der Waals surface area contributed by atoms with Crippen LogP contribution < -0.4 is 0 Å². The minimum Gasteiger partial charge on any atom is -0.335 e. The summed E-state index contributed by atoms with van der Waals surface area (Å²) in [6.07, 6.45) is 0. The third kappa shape index (κ3) is 2.86. The van der Waals surface area contributed by atoms with Crippen molar-refractivity contribution in [1.82, 2.24) is 33.5 Å². The van der Waals surface area contributed by atoms with Gasteiger partial charge in [-0.1, -0.05) is 5.21 Å². The Kier molecular flexibility index (Phi) is 4.16. The van der Waals surface area contributed by atoms with Gasteiger partial charge in [-0.05, 0) is 20.9 Å². The highest BCUT2D eigenvalue weighted by Crippen LogP contribution is 2.13. The topological polar surface area (TPSA) is 80.0 Å². The summed E-state index contributed by atoms with van der Waals surface area (Å²) < 4.78 is 10.1. The fraction of sp³-hybridized carbons (Fsp3) is 0.615. The number of nitrogens with zero attached hydrogens (tertiary/aromatic N) is 7. The van der Waals surface area contributed by atoms with E-state index in [1.54, 1.807) is 4.68 Å². The van der Waals surface area contributed by atoms with Gasteiger partial charge in [0.2, 0.25) is 0 Å². The molecule has 0 aliphatic carbocycles. The van der Waals surface area contributed by atoms with Gasteiger partial charge in [-0.25, -0.2) is 4.68 Å². The second-order valence-electron chi connectivity index (χ2n) is 5.57. The van der Waals surface area contributed by atoms with Gasteiger partial charge in [-0.3, -0.25) is 4.79 Å². The number of carbonyl (C=O) groups excluding carboxylic acids is 1. The van der Waals surface area contributed by atoms with Gasteiger partial charge in [0.1, 0.15) is 0 Å². The molecule has 0 aromatic carbocycles. The van der Waals surface area contributed by atoms with Gasteiger partial charge in [-0.2, -0.15) is 8.75 Å². The van der Waals surface area contributed by atoms with Crippen LogP contribution in [-0.2, 0) is 6.54 Å². The van der Waals surface area contributed by atoms with Crippen LogP contribution in [0.1, 0.15) is 27.6 Å². The minimum atomic E-state index is -0.0371. The fourth-order valence-electron chi connectivity index (χ4n) is 2.40. The van der Waals surface area contributed by atoms with E-state index in [4.69, 9.17) is 0 Å². The standard InChI is InChI=1S/C13H19N7OS/c1-9-11(16-22-15-9)8-20-10(2)12(14-17-20)13(21)19-6-4-18(3)5-7-19/h4-8H2,1-3H3. The van der Waals surface area contributed by atoms with E-state index in [0.717, 1.165) is 43.3 Å². The Morgan fingerprint density at radius 1 is 1.18 bits per heavy atom. The molecule has 118 valence electrons. The van der Waals surface area contributed by atoms with Crippen LogP contribution in [0.2, 0.25) is 0 Å². The number of hydrogen-bond donors (Lipinski definition) is 0. The molecule has 0 N–H and O–H groups in total. The van der Waals surface area contributed by atoms with Crippen LogP contribution in [0, 0.1) is 13.8 Å². The highest BCUT2D eigenvalue weighted by Gasteiger charge is 2.25. The number of rotatable bonds is 3.